The third-order valence-corrected chi connectivity index (χ3v) is 4.65. The average Bonchev–Trinajstić information content (AvgIpc) is 2.73. The third-order valence-electron chi connectivity index (χ3n) is 4.41. The van der Waals surface area contributed by atoms with Gasteiger partial charge in [-0.1, -0.05) is 23.7 Å². The lowest BCUT2D eigenvalue weighted by Gasteiger charge is -2.08. The normalized spacial score (nSPS) is 10.8. The number of aromatic amines is 2. The third kappa shape index (κ3) is 3.37. The summed E-state index contributed by atoms with van der Waals surface area (Å²) in [6.45, 7) is 0. The summed E-state index contributed by atoms with van der Waals surface area (Å²) in [5.74, 6) is -1.65. The van der Waals surface area contributed by atoms with Crippen molar-refractivity contribution in [3.63, 3.8) is 0 Å². The molecule has 0 saturated heterocycles. The van der Waals surface area contributed by atoms with Gasteiger partial charge >= 0.3 is 0 Å². The van der Waals surface area contributed by atoms with Crippen molar-refractivity contribution < 1.29 is 9.59 Å². The summed E-state index contributed by atoms with van der Waals surface area (Å²) < 4.78 is 0. The lowest BCUT2D eigenvalue weighted by Crippen LogP contribution is -2.44. The number of hydrogen-bond acceptors (Lipinski definition) is 4. The van der Waals surface area contributed by atoms with Crippen molar-refractivity contribution in [1.82, 2.24) is 20.8 Å². The van der Waals surface area contributed by atoms with Crippen LogP contribution in [0.1, 0.15) is 20.7 Å². The molecule has 144 valence electrons. The van der Waals surface area contributed by atoms with E-state index >= 15 is 0 Å². The number of fused-ring (bicyclic) bond motifs is 2. The summed E-state index contributed by atoms with van der Waals surface area (Å²) in [6.07, 6.45) is 2.50. The number of H-pyrrole nitrogens is 2. The van der Waals surface area contributed by atoms with Gasteiger partial charge in [0.05, 0.1) is 0 Å². The first-order valence-corrected chi connectivity index (χ1v) is 8.85. The Bertz CT molecular complexity index is 1410. The summed E-state index contributed by atoms with van der Waals surface area (Å²) in [6, 6.07) is 11.4. The molecular weight excluding hydrogens is 396 g/mol. The lowest BCUT2D eigenvalue weighted by atomic mass is 10.1. The number of aromatic nitrogens is 2. The van der Waals surface area contributed by atoms with E-state index in [2.05, 4.69) is 20.8 Å². The van der Waals surface area contributed by atoms with Gasteiger partial charge in [-0.25, -0.2) is 0 Å². The minimum absolute atomic E-state index is 0.178. The largest absolute Gasteiger partial charge is 0.360 e. The molecular formula is C20H13ClN4O4. The van der Waals surface area contributed by atoms with E-state index in [-0.39, 0.29) is 16.5 Å². The number of hydrazine groups is 1. The van der Waals surface area contributed by atoms with E-state index in [1.54, 1.807) is 36.4 Å². The molecule has 9 heteroatoms. The highest BCUT2D eigenvalue weighted by Crippen LogP contribution is 2.15. The van der Waals surface area contributed by atoms with Crippen molar-refractivity contribution in [2.75, 3.05) is 0 Å². The molecule has 0 aliphatic rings. The van der Waals surface area contributed by atoms with Gasteiger partial charge in [0, 0.05) is 39.2 Å². The van der Waals surface area contributed by atoms with Crippen molar-refractivity contribution in [3.8, 4) is 0 Å². The maximum atomic E-state index is 12.5. The van der Waals surface area contributed by atoms with Crippen molar-refractivity contribution >= 4 is 45.2 Å². The molecule has 0 fully saturated rings. The minimum Gasteiger partial charge on any atom is -0.360 e. The summed E-state index contributed by atoms with van der Waals surface area (Å²) >= 11 is 5.91. The molecule has 0 saturated carbocycles. The van der Waals surface area contributed by atoms with Gasteiger partial charge < -0.3 is 9.97 Å². The molecule has 0 aliphatic carbocycles. The second-order valence-electron chi connectivity index (χ2n) is 6.21. The quantitative estimate of drug-likeness (QED) is 0.379. The zero-order chi connectivity index (χ0) is 20.5. The molecule has 4 aromatic rings. The summed E-state index contributed by atoms with van der Waals surface area (Å²) in [4.78, 5) is 55.4. The maximum Gasteiger partial charge on any atom is 0.275 e. The topological polar surface area (TPSA) is 124 Å². The van der Waals surface area contributed by atoms with Gasteiger partial charge in [0.25, 0.3) is 11.8 Å². The number of amides is 2. The number of halogens is 1. The molecule has 29 heavy (non-hydrogen) atoms. The molecule has 0 unspecified atom stereocenters. The fourth-order valence-corrected chi connectivity index (χ4v) is 3.12. The van der Waals surface area contributed by atoms with E-state index in [0.717, 1.165) is 0 Å². The number of benzene rings is 2. The maximum absolute atomic E-state index is 12.5. The number of carbonyl (C=O) groups excluding carboxylic acids is 2. The van der Waals surface area contributed by atoms with Crippen LogP contribution in [0, 0.1) is 0 Å². The van der Waals surface area contributed by atoms with Crippen molar-refractivity contribution in [2.24, 2.45) is 0 Å². The molecule has 0 atom stereocenters. The summed E-state index contributed by atoms with van der Waals surface area (Å²) in [7, 11) is 0. The fourth-order valence-electron chi connectivity index (χ4n) is 2.94. The Kier molecular flexibility index (Phi) is 4.61. The Hall–Kier alpha value is -3.91. The molecule has 0 bridgehead atoms. The van der Waals surface area contributed by atoms with Crippen LogP contribution in [0.25, 0.3) is 21.8 Å². The predicted octanol–water partition coefficient (Wildman–Crippen LogP) is 2.10. The molecule has 0 radical (unpaired) electrons. The highest BCUT2D eigenvalue weighted by molar-refractivity contribution is 6.31. The minimum atomic E-state index is -0.835. The van der Waals surface area contributed by atoms with Gasteiger partial charge in [-0.15, -0.1) is 0 Å². The second-order valence-corrected chi connectivity index (χ2v) is 6.64. The van der Waals surface area contributed by atoms with Crippen LogP contribution in [0.2, 0.25) is 5.02 Å². The van der Waals surface area contributed by atoms with Crippen LogP contribution in [0.15, 0.2) is 64.4 Å². The van der Waals surface area contributed by atoms with Gasteiger partial charge in [-0.3, -0.25) is 30.0 Å². The summed E-state index contributed by atoms with van der Waals surface area (Å²) in [5.41, 5.74) is 3.98. The summed E-state index contributed by atoms with van der Waals surface area (Å²) in [5, 5.41) is 0.932. The molecule has 2 heterocycles. The van der Waals surface area contributed by atoms with Crippen LogP contribution in [-0.2, 0) is 0 Å². The number of nitrogens with one attached hydrogen (secondary N) is 4. The molecule has 2 aromatic carbocycles. The highest BCUT2D eigenvalue weighted by Gasteiger charge is 2.17. The number of rotatable bonds is 2. The Morgan fingerprint density at radius 1 is 0.759 bits per heavy atom. The lowest BCUT2D eigenvalue weighted by molar-refractivity contribution is 0.0845. The molecule has 0 aliphatic heterocycles. The second kappa shape index (κ2) is 7.25. The van der Waals surface area contributed by atoms with Crippen LogP contribution in [0.5, 0.6) is 0 Å². The van der Waals surface area contributed by atoms with E-state index in [4.69, 9.17) is 11.6 Å². The Balaban J connectivity index is 1.57. The van der Waals surface area contributed by atoms with Gasteiger partial charge in [0.1, 0.15) is 11.1 Å². The fraction of sp³-hybridized carbons (Fsp3) is 0. The molecule has 2 amide bonds. The van der Waals surface area contributed by atoms with Gasteiger partial charge in [0.2, 0.25) is 10.9 Å². The first kappa shape index (κ1) is 18.5. The Labute approximate surface area is 167 Å². The van der Waals surface area contributed by atoms with E-state index in [9.17, 15) is 19.2 Å². The number of para-hydroxylation sites is 1. The van der Waals surface area contributed by atoms with Gasteiger partial charge in [-0.05, 0) is 30.3 Å². The Morgan fingerprint density at radius 3 is 1.97 bits per heavy atom. The van der Waals surface area contributed by atoms with Crippen LogP contribution >= 0.6 is 11.6 Å². The van der Waals surface area contributed by atoms with Gasteiger partial charge in [0.15, 0.2) is 0 Å². The standard InChI is InChI=1S/C20H13ClN4O4/c21-10-5-6-16-12(7-10)18(27)14(9-23-16)20(29)25-24-19(28)13-8-22-15-4-2-1-3-11(15)17(13)26/h1-9H,(H,22,26)(H,23,27)(H,24,28)(H,25,29). The van der Waals surface area contributed by atoms with E-state index in [1.807, 2.05) is 0 Å². The number of carbonyl (C=O) groups is 2. The Morgan fingerprint density at radius 2 is 1.31 bits per heavy atom. The van der Waals surface area contributed by atoms with Gasteiger partial charge in [-0.2, -0.15) is 0 Å². The molecule has 4 rings (SSSR count). The van der Waals surface area contributed by atoms with Crippen molar-refractivity contribution in [2.45, 2.75) is 0 Å². The first-order valence-electron chi connectivity index (χ1n) is 8.48. The zero-order valence-corrected chi connectivity index (χ0v) is 15.5. The van der Waals surface area contributed by atoms with Crippen LogP contribution in [-0.4, -0.2) is 21.8 Å². The number of hydrogen-bond donors (Lipinski definition) is 4. The molecule has 2 aromatic heterocycles. The monoisotopic (exact) mass is 408 g/mol. The van der Waals surface area contributed by atoms with Crippen LogP contribution in [0.4, 0.5) is 0 Å². The smallest absolute Gasteiger partial charge is 0.275 e. The highest BCUT2D eigenvalue weighted by atomic mass is 35.5. The van der Waals surface area contributed by atoms with E-state index in [1.165, 1.54) is 18.5 Å². The van der Waals surface area contributed by atoms with Crippen LogP contribution in [0.3, 0.4) is 0 Å². The van der Waals surface area contributed by atoms with Crippen molar-refractivity contribution in [3.05, 3.63) is 91.5 Å². The number of pyridine rings is 2. The van der Waals surface area contributed by atoms with E-state index in [0.29, 0.717) is 21.4 Å². The molecule has 0 spiro atoms. The SMILES string of the molecule is O=C(NNC(=O)c1c[nH]c2ccc(Cl)cc2c1=O)c1c[nH]c2ccccc2c1=O. The first-order chi connectivity index (χ1) is 14.0. The molecule has 4 N–H and O–H groups in total. The van der Waals surface area contributed by atoms with Crippen LogP contribution < -0.4 is 21.7 Å². The van der Waals surface area contributed by atoms with E-state index < -0.39 is 22.7 Å². The zero-order valence-electron chi connectivity index (χ0n) is 14.7. The average molecular weight is 409 g/mol. The van der Waals surface area contributed by atoms with Crippen molar-refractivity contribution in [1.29, 1.82) is 0 Å². The molecule has 8 nitrogen and oxygen atoms in total. The predicted molar refractivity (Wildman–Crippen MR) is 109 cm³/mol.